The molecule has 1 aliphatic heterocycles. The number of likely N-dealkylation sites (tertiary alicyclic amines) is 1. The fourth-order valence-electron chi connectivity index (χ4n) is 3.14. The van der Waals surface area contributed by atoms with E-state index in [0.29, 0.717) is 32.5 Å². The summed E-state index contributed by atoms with van der Waals surface area (Å²) in [5.41, 5.74) is -0.914. The van der Waals surface area contributed by atoms with E-state index in [1.807, 2.05) is 13.8 Å². The number of nitro groups is 1. The van der Waals surface area contributed by atoms with Gasteiger partial charge in [0.15, 0.2) is 0 Å². The van der Waals surface area contributed by atoms with Crippen LogP contribution in [0.5, 0.6) is 0 Å². The third kappa shape index (κ3) is 3.81. The van der Waals surface area contributed by atoms with Gasteiger partial charge in [0.1, 0.15) is 6.04 Å². The fraction of sp³-hybridized carbons (Fsp3) is 0.471. The molecule has 1 N–H and O–H groups in total. The van der Waals surface area contributed by atoms with Gasteiger partial charge in [-0.3, -0.25) is 19.7 Å². The zero-order valence-electron chi connectivity index (χ0n) is 14.7. The minimum absolute atomic E-state index is 0.101. The Morgan fingerprint density at radius 2 is 1.85 bits per heavy atom. The third-order valence-electron chi connectivity index (χ3n) is 4.50. The standard InChI is InChI=1S/C17H21N3O6/c1-3-18(4-2)16(22)14-6-5-7-19(14)15(21)11-8-12(17(23)24)10-13(9-11)20(25)26/h8-10,14H,3-7H2,1-2H3,(H,23,24). The van der Waals surface area contributed by atoms with E-state index in [-0.39, 0.29) is 17.0 Å². The first-order valence-corrected chi connectivity index (χ1v) is 8.42. The van der Waals surface area contributed by atoms with Crippen LogP contribution in [0, 0.1) is 10.1 Å². The summed E-state index contributed by atoms with van der Waals surface area (Å²) in [4.78, 5) is 50.0. The highest BCUT2D eigenvalue weighted by molar-refractivity contribution is 6.00. The highest BCUT2D eigenvalue weighted by Gasteiger charge is 2.36. The summed E-state index contributed by atoms with van der Waals surface area (Å²) in [6, 6.07) is 2.43. The molecule has 9 heteroatoms. The topological polar surface area (TPSA) is 121 Å². The minimum Gasteiger partial charge on any atom is -0.478 e. The van der Waals surface area contributed by atoms with E-state index < -0.39 is 28.5 Å². The van der Waals surface area contributed by atoms with Crippen molar-refractivity contribution in [3.63, 3.8) is 0 Å². The van der Waals surface area contributed by atoms with Crippen LogP contribution in [-0.2, 0) is 4.79 Å². The van der Waals surface area contributed by atoms with Crippen molar-refractivity contribution < 1.29 is 24.4 Å². The van der Waals surface area contributed by atoms with Crippen molar-refractivity contribution in [1.82, 2.24) is 9.80 Å². The lowest BCUT2D eigenvalue weighted by molar-refractivity contribution is -0.384. The first kappa shape index (κ1) is 19.4. The molecule has 1 saturated heterocycles. The van der Waals surface area contributed by atoms with E-state index in [4.69, 9.17) is 5.11 Å². The number of nitrogens with zero attached hydrogens (tertiary/aromatic N) is 3. The number of likely N-dealkylation sites (N-methyl/N-ethyl adjacent to an activating group) is 1. The van der Waals surface area contributed by atoms with Gasteiger partial charge in [0, 0.05) is 37.3 Å². The molecule has 1 aliphatic rings. The van der Waals surface area contributed by atoms with Gasteiger partial charge in [0.25, 0.3) is 11.6 Å². The average molecular weight is 363 g/mol. The van der Waals surface area contributed by atoms with E-state index in [1.165, 1.54) is 4.90 Å². The summed E-state index contributed by atoms with van der Waals surface area (Å²) in [6.07, 6.45) is 1.16. The quantitative estimate of drug-likeness (QED) is 0.607. The van der Waals surface area contributed by atoms with E-state index in [1.54, 1.807) is 4.90 Å². The number of benzene rings is 1. The van der Waals surface area contributed by atoms with Gasteiger partial charge >= 0.3 is 5.97 Å². The highest BCUT2D eigenvalue weighted by Crippen LogP contribution is 2.25. The maximum absolute atomic E-state index is 12.9. The first-order valence-electron chi connectivity index (χ1n) is 8.42. The Balaban J connectivity index is 2.36. The normalized spacial score (nSPS) is 16.4. The van der Waals surface area contributed by atoms with E-state index >= 15 is 0 Å². The summed E-state index contributed by atoms with van der Waals surface area (Å²) >= 11 is 0. The number of rotatable bonds is 6. The van der Waals surface area contributed by atoms with Crippen molar-refractivity contribution in [3.8, 4) is 0 Å². The van der Waals surface area contributed by atoms with Crippen LogP contribution in [0.15, 0.2) is 18.2 Å². The maximum atomic E-state index is 12.9. The lowest BCUT2D eigenvalue weighted by Crippen LogP contribution is -2.47. The van der Waals surface area contributed by atoms with E-state index in [2.05, 4.69) is 0 Å². The lowest BCUT2D eigenvalue weighted by atomic mass is 10.1. The number of carbonyl (C=O) groups is 3. The van der Waals surface area contributed by atoms with Crippen LogP contribution in [0.1, 0.15) is 47.4 Å². The summed E-state index contributed by atoms with van der Waals surface area (Å²) in [5, 5.41) is 20.2. The van der Waals surface area contributed by atoms with E-state index in [0.717, 1.165) is 18.2 Å². The summed E-state index contributed by atoms with van der Waals surface area (Å²) in [7, 11) is 0. The van der Waals surface area contributed by atoms with Crippen molar-refractivity contribution in [3.05, 3.63) is 39.4 Å². The Kier molecular flexibility index (Phi) is 5.91. The molecule has 1 heterocycles. The molecule has 26 heavy (non-hydrogen) atoms. The molecule has 0 bridgehead atoms. The van der Waals surface area contributed by atoms with Crippen molar-refractivity contribution in [2.45, 2.75) is 32.7 Å². The van der Waals surface area contributed by atoms with E-state index in [9.17, 15) is 24.5 Å². The van der Waals surface area contributed by atoms with Gasteiger partial charge < -0.3 is 14.9 Å². The number of hydrogen-bond acceptors (Lipinski definition) is 5. The number of nitro benzene ring substituents is 1. The second-order valence-electron chi connectivity index (χ2n) is 6.00. The van der Waals surface area contributed by atoms with Crippen molar-refractivity contribution >= 4 is 23.5 Å². The molecule has 9 nitrogen and oxygen atoms in total. The zero-order chi connectivity index (χ0) is 19.4. The van der Waals surface area contributed by atoms with Crippen LogP contribution in [0.3, 0.4) is 0 Å². The molecule has 1 atom stereocenters. The number of hydrogen-bond donors (Lipinski definition) is 1. The third-order valence-corrected chi connectivity index (χ3v) is 4.50. The Labute approximate surface area is 150 Å². The molecule has 0 aliphatic carbocycles. The van der Waals surface area contributed by atoms with Gasteiger partial charge in [-0.1, -0.05) is 0 Å². The second-order valence-corrected chi connectivity index (χ2v) is 6.00. The van der Waals surface area contributed by atoms with Gasteiger partial charge in [-0.2, -0.15) is 0 Å². The number of non-ortho nitro benzene ring substituents is 1. The smallest absolute Gasteiger partial charge is 0.335 e. The molecule has 0 aromatic heterocycles. The summed E-state index contributed by atoms with van der Waals surface area (Å²) in [6.45, 7) is 5.09. The molecule has 1 aromatic rings. The second kappa shape index (κ2) is 7.94. The van der Waals surface area contributed by atoms with Crippen molar-refractivity contribution in [1.29, 1.82) is 0 Å². The number of amides is 2. The molecular weight excluding hydrogens is 342 g/mol. The predicted octanol–water partition coefficient (Wildman–Crippen LogP) is 1.77. The Morgan fingerprint density at radius 3 is 2.38 bits per heavy atom. The lowest BCUT2D eigenvalue weighted by Gasteiger charge is -2.29. The van der Waals surface area contributed by atoms with Gasteiger partial charge in [-0.15, -0.1) is 0 Å². The monoisotopic (exact) mass is 363 g/mol. The Morgan fingerprint density at radius 1 is 1.23 bits per heavy atom. The number of carbonyl (C=O) groups excluding carboxylic acids is 2. The SMILES string of the molecule is CCN(CC)C(=O)C1CCCN1C(=O)c1cc(C(=O)O)cc([N+](=O)[O-])c1. The van der Waals surface area contributed by atoms with Crippen LogP contribution in [-0.4, -0.2) is 63.3 Å². The predicted molar refractivity (Wildman–Crippen MR) is 92.0 cm³/mol. The zero-order valence-corrected chi connectivity index (χ0v) is 14.7. The average Bonchev–Trinajstić information content (AvgIpc) is 3.11. The maximum Gasteiger partial charge on any atom is 0.335 e. The molecule has 1 fully saturated rings. The van der Waals surface area contributed by atoms with Crippen LogP contribution in [0.2, 0.25) is 0 Å². The molecule has 140 valence electrons. The summed E-state index contributed by atoms with van der Waals surface area (Å²) in [5.74, 6) is -2.09. The van der Waals surface area contributed by atoms with Gasteiger partial charge in [0.05, 0.1) is 10.5 Å². The largest absolute Gasteiger partial charge is 0.478 e. The molecule has 0 saturated carbocycles. The minimum atomic E-state index is -1.36. The Bertz CT molecular complexity index is 712. The molecule has 0 radical (unpaired) electrons. The molecule has 2 amide bonds. The van der Waals surface area contributed by atoms with Crippen LogP contribution in [0.25, 0.3) is 0 Å². The van der Waals surface area contributed by atoms with Gasteiger partial charge in [-0.25, -0.2) is 4.79 Å². The fourth-order valence-corrected chi connectivity index (χ4v) is 3.14. The van der Waals surface area contributed by atoms with Crippen molar-refractivity contribution in [2.75, 3.05) is 19.6 Å². The van der Waals surface area contributed by atoms with Gasteiger partial charge in [-0.05, 0) is 32.8 Å². The number of carboxylic acids is 1. The van der Waals surface area contributed by atoms with Crippen LogP contribution >= 0.6 is 0 Å². The molecule has 0 spiro atoms. The highest BCUT2D eigenvalue weighted by atomic mass is 16.6. The van der Waals surface area contributed by atoms with Crippen molar-refractivity contribution in [2.24, 2.45) is 0 Å². The van der Waals surface area contributed by atoms with Crippen LogP contribution in [0.4, 0.5) is 5.69 Å². The molecule has 1 unspecified atom stereocenters. The molecule has 2 rings (SSSR count). The number of carboxylic acid groups (broad SMARTS) is 1. The first-order chi connectivity index (χ1) is 12.3. The molecule has 1 aromatic carbocycles. The van der Waals surface area contributed by atoms with Crippen LogP contribution < -0.4 is 0 Å². The van der Waals surface area contributed by atoms with Gasteiger partial charge in [0.2, 0.25) is 5.91 Å². The Hall–Kier alpha value is -2.97. The molecular formula is C17H21N3O6. The number of aromatic carboxylic acids is 1. The summed E-state index contributed by atoms with van der Waals surface area (Å²) < 4.78 is 0.